The first-order valence-electron chi connectivity index (χ1n) is 6.26. The number of nitrogens with one attached hydrogen (secondary N) is 3. The Morgan fingerprint density at radius 1 is 1.53 bits per heavy atom. The van der Waals surface area contributed by atoms with Crippen LogP contribution in [0.4, 0.5) is 0 Å². The van der Waals surface area contributed by atoms with E-state index >= 15 is 0 Å². The highest BCUT2D eigenvalue weighted by Crippen LogP contribution is 2.32. The van der Waals surface area contributed by atoms with Crippen LogP contribution in [0.15, 0.2) is 11.0 Å². The number of carbonyl (C=O) groups is 2. The standard InChI is InChI=1S/C12H17N3O4/c1-7-3-2-4-12(5-7,10(17)18)15-9(16)8-6-13-11(19)14-8/h6-7H,2-5H2,1H3,(H,15,16)(H,17,18)(H2,13,14,19). The van der Waals surface area contributed by atoms with Crippen LogP contribution in [0.1, 0.15) is 43.1 Å². The number of aromatic nitrogens is 2. The van der Waals surface area contributed by atoms with Gasteiger partial charge in [-0.05, 0) is 18.8 Å². The van der Waals surface area contributed by atoms with Gasteiger partial charge in [0.05, 0.1) is 0 Å². The quantitative estimate of drug-likeness (QED) is 0.637. The van der Waals surface area contributed by atoms with Crippen LogP contribution in [0.3, 0.4) is 0 Å². The number of rotatable bonds is 3. The SMILES string of the molecule is CC1CCCC(NC(=O)c2c[nH]c(=O)[nH]2)(C(=O)O)C1. The van der Waals surface area contributed by atoms with E-state index in [0.29, 0.717) is 12.8 Å². The van der Waals surface area contributed by atoms with Gasteiger partial charge >= 0.3 is 11.7 Å². The third kappa shape index (κ3) is 2.69. The summed E-state index contributed by atoms with van der Waals surface area (Å²) in [5.74, 6) is -1.35. The maximum atomic E-state index is 12.0. The van der Waals surface area contributed by atoms with Gasteiger partial charge in [-0.15, -0.1) is 0 Å². The van der Waals surface area contributed by atoms with Gasteiger partial charge in [0, 0.05) is 6.20 Å². The minimum Gasteiger partial charge on any atom is -0.480 e. The van der Waals surface area contributed by atoms with Crippen LogP contribution >= 0.6 is 0 Å². The van der Waals surface area contributed by atoms with Gasteiger partial charge in [-0.25, -0.2) is 9.59 Å². The maximum absolute atomic E-state index is 12.0. The number of amides is 1. The van der Waals surface area contributed by atoms with Gasteiger partial charge < -0.3 is 20.4 Å². The lowest BCUT2D eigenvalue weighted by molar-refractivity contribution is -0.146. The zero-order valence-electron chi connectivity index (χ0n) is 10.7. The second-order valence-electron chi connectivity index (χ2n) is 5.20. The Labute approximate surface area is 109 Å². The molecule has 1 aliphatic carbocycles. The van der Waals surface area contributed by atoms with Crippen LogP contribution in [0.2, 0.25) is 0 Å². The first-order valence-corrected chi connectivity index (χ1v) is 6.26. The second kappa shape index (κ2) is 4.91. The molecule has 1 aromatic rings. The lowest BCUT2D eigenvalue weighted by Crippen LogP contribution is -2.56. The van der Waals surface area contributed by atoms with Crippen LogP contribution in [0.5, 0.6) is 0 Å². The van der Waals surface area contributed by atoms with Crippen molar-refractivity contribution in [2.45, 2.75) is 38.1 Å². The largest absolute Gasteiger partial charge is 0.480 e. The molecular weight excluding hydrogens is 250 g/mol. The van der Waals surface area contributed by atoms with E-state index in [1.165, 1.54) is 6.20 Å². The number of hydrogen-bond acceptors (Lipinski definition) is 3. The summed E-state index contributed by atoms with van der Waals surface area (Å²) in [7, 11) is 0. The van der Waals surface area contributed by atoms with Crippen LogP contribution < -0.4 is 11.0 Å². The molecule has 104 valence electrons. The summed E-state index contributed by atoms with van der Waals surface area (Å²) >= 11 is 0. The third-order valence-electron chi connectivity index (χ3n) is 3.60. The molecule has 0 saturated heterocycles. The molecule has 4 N–H and O–H groups in total. The fraction of sp³-hybridized carbons (Fsp3) is 0.583. The van der Waals surface area contributed by atoms with Crippen LogP contribution in [-0.4, -0.2) is 32.5 Å². The van der Waals surface area contributed by atoms with Crippen molar-refractivity contribution in [2.24, 2.45) is 5.92 Å². The predicted molar refractivity (Wildman–Crippen MR) is 66.9 cm³/mol. The molecular formula is C12H17N3O4. The van der Waals surface area contributed by atoms with E-state index in [2.05, 4.69) is 15.3 Å². The Balaban J connectivity index is 2.19. The molecule has 19 heavy (non-hydrogen) atoms. The third-order valence-corrected chi connectivity index (χ3v) is 3.60. The smallest absolute Gasteiger partial charge is 0.329 e. The molecule has 7 nitrogen and oxygen atoms in total. The average Bonchev–Trinajstić information content (AvgIpc) is 2.75. The molecule has 0 radical (unpaired) electrons. The van der Waals surface area contributed by atoms with Crippen molar-refractivity contribution in [3.05, 3.63) is 22.4 Å². The molecule has 2 unspecified atom stereocenters. The summed E-state index contributed by atoms with van der Waals surface area (Å²) in [4.78, 5) is 39.1. The van der Waals surface area contributed by atoms with Crippen LogP contribution in [-0.2, 0) is 4.79 Å². The van der Waals surface area contributed by atoms with Gasteiger partial charge in [-0.3, -0.25) is 4.79 Å². The molecule has 1 amide bonds. The van der Waals surface area contributed by atoms with Crippen molar-refractivity contribution in [3.8, 4) is 0 Å². The molecule has 0 spiro atoms. The van der Waals surface area contributed by atoms with Gasteiger partial charge in [0.2, 0.25) is 0 Å². The van der Waals surface area contributed by atoms with Crippen LogP contribution in [0, 0.1) is 5.92 Å². The molecule has 1 heterocycles. The van der Waals surface area contributed by atoms with E-state index in [0.717, 1.165) is 12.8 Å². The van der Waals surface area contributed by atoms with Gasteiger partial charge in [-0.2, -0.15) is 0 Å². The zero-order chi connectivity index (χ0) is 14.0. The minimum atomic E-state index is -1.23. The topological polar surface area (TPSA) is 115 Å². The molecule has 1 aromatic heterocycles. The van der Waals surface area contributed by atoms with Crippen molar-refractivity contribution < 1.29 is 14.7 Å². The second-order valence-corrected chi connectivity index (χ2v) is 5.20. The number of carboxylic acids is 1. The Bertz CT molecular complexity index is 547. The van der Waals surface area contributed by atoms with Crippen molar-refractivity contribution >= 4 is 11.9 Å². The van der Waals surface area contributed by atoms with E-state index in [9.17, 15) is 19.5 Å². The average molecular weight is 267 g/mol. The molecule has 2 rings (SSSR count). The van der Waals surface area contributed by atoms with Crippen molar-refractivity contribution in [3.63, 3.8) is 0 Å². The molecule has 7 heteroatoms. The maximum Gasteiger partial charge on any atom is 0.329 e. The minimum absolute atomic E-state index is 0.0452. The highest BCUT2D eigenvalue weighted by molar-refractivity contribution is 5.96. The van der Waals surface area contributed by atoms with Gasteiger partial charge in [0.25, 0.3) is 5.91 Å². The fourth-order valence-corrected chi connectivity index (χ4v) is 2.65. The van der Waals surface area contributed by atoms with E-state index in [-0.39, 0.29) is 11.6 Å². The van der Waals surface area contributed by atoms with Gasteiger partial charge in [0.15, 0.2) is 0 Å². The Hall–Kier alpha value is -2.05. The number of hydrogen-bond donors (Lipinski definition) is 4. The lowest BCUT2D eigenvalue weighted by atomic mass is 9.76. The fourth-order valence-electron chi connectivity index (χ4n) is 2.65. The summed E-state index contributed by atoms with van der Waals surface area (Å²) < 4.78 is 0. The van der Waals surface area contributed by atoms with Gasteiger partial charge in [0.1, 0.15) is 11.2 Å². The highest BCUT2D eigenvalue weighted by Gasteiger charge is 2.43. The Kier molecular flexibility index (Phi) is 3.46. The number of aliphatic carboxylic acids is 1. The number of aromatic amines is 2. The van der Waals surface area contributed by atoms with Gasteiger partial charge in [-0.1, -0.05) is 19.8 Å². The molecule has 2 atom stereocenters. The van der Waals surface area contributed by atoms with Crippen LogP contribution in [0.25, 0.3) is 0 Å². The molecule has 0 aliphatic heterocycles. The summed E-state index contributed by atoms with van der Waals surface area (Å²) in [5.41, 5.74) is -1.68. The number of imidazole rings is 1. The molecule has 1 aliphatic rings. The predicted octanol–water partition coefficient (Wildman–Crippen LogP) is 0.466. The summed E-state index contributed by atoms with van der Waals surface area (Å²) in [6, 6.07) is 0. The zero-order valence-corrected chi connectivity index (χ0v) is 10.7. The first kappa shape index (κ1) is 13.4. The highest BCUT2D eigenvalue weighted by atomic mass is 16.4. The van der Waals surface area contributed by atoms with Crippen molar-refractivity contribution in [1.29, 1.82) is 0 Å². The summed E-state index contributed by atoms with van der Waals surface area (Å²) in [5, 5.41) is 12.0. The Morgan fingerprint density at radius 2 is 2.26 bits per heavy atom. The Morgan fingerprint density at radius 3 is 2.79 bits per heavy atom. The van der Waals surface area contributed by atoms with E-state index in [4.69, 9.17) is 0 Å². The number of H-pyrrole nitrogens is 2. The van der Waals surface area contributed by atoms with E-state index in [1.807, 2.05) is 6.92 Å². The van der Waals surface area contributed by atoms with E-state index < -0.39 is 23.1 Å². The summed E-state index contributed by atoms with van der Waals surface area (Å²) in [6.45, 7) is 1.97. The summed E-state index contributed by atoms with van der Waals surface area (Å²) in [6.07, 6.45) is 3.78. The molecule has 0 aromatic carbocycles. The molecule has 0 bridgehead atoms. The van der Waals surface area contributed by atoms with Crippen molar-refractivity contribution in [2.75, 3.05) is 0 Å². The molecule has 1 fully saturated rings. The molecule has 1 saturated carbocycles. The first-order chi connectivity index (χ1) is 8.93. The van der Waals surface area contributed by atoms with E-state index in [1.54, 1.807) is 0 Å². The monoisotopic (exact) mass is 267 g/mol. The van der Waals surface area contributed by atoms with Crippen molar-refractivity contribution in [1.82, 2.24) is 15.3 Å². The number of carbonyl (C=O) groups excluding carboxylic acids is 1. The normalized spacial score (nSPS) is 26.9. The lowest BCUT2D eigenvalue weighted by Gasteiger charge is -2.36. The number of carboxylic acid groups (broad SMARTS) is 1.